The average Bonchev–Trinajstić information content (AvgIpc) is 2.67. The van der Waals surface area contributed by atoms with Crippen molar-refractivity contribution in [1.29, 1.82) is 0 Å². The standard InChI is InChI=1S/C21H23FN2O2/c1-15-2-6-18(7-3-15)21(26)24-12-10-17(11-13-24)20(25)23-14-16-4-8-19(22)9-5-16/h2-9,17H,10-14H2,1H3,(H,23,25). The summed E-state index contributed by atoms with van der Waals surface area (Å²) in [5.74, 6) is -0.352. The highest BCUT2D eigenvalue weighted by Crippen LogP contribution is 2.20. The summed E-state index contributed by atoms with van der Waals surface area (Å²) >= 11 is 0. The summed E-state index contributed by atoms with van der Waals surface area (Å²) in [6, 6.07) is 13.7. The van der Waals surface area contributed by atoms with E-state index in [1.54, 1.807) is 12.1 Å². The third kappa shape index (κ3) is 4.48. The molecule has 1 aliphatic rings. The molecule has 3 rings (SSSR count). The van der Waals surface area contributed by atoms with Gasteiger partial charge in [0.25, 0.3) is 5.91 Å². The van der Waals surface area contributed by atoms with Crippen LogP contribution in [0.3, 0.4) is 0 Å². The van der Waals surface area contributed by atoms with Crippen LogP contribution in [0.4, 0.5) is 4.39 Å². The number of rotatable bonds is 4. The summed E-state index contributed by atoms with van der Waals surface area (Å²) in [6.07, 6.45) is 1.32. The zero-order valence-electron chi connectivity index (χ0n) is 14.9. The Morgan fingerprint density at radius 1 is 1.04 bits per heavy atom. The molecule has 0 spiro atoms. The molecule has 136 valence electrons. The van der Waals surface area contributed by atoms with Crippen molar-refractivity contribution in [3.63, 3.8) is 0 Å². The quantitative estimate of drug-likeness (QED) is 0.916. The van der Waals surface area contributed by atoms with Gasteiger partial charge in [-0.3, -0.25) is 9.59 Å². The van der Waals surface area contributed by atoms with Gasteiger partial charge in [0.05, 0.1) is 0 Å². The number of halogens is 1. The van der Waals surface area contributed by atoms with Gasteiger partial charge in [-0.05, 0) is 49.6 Å². The summed E-state index contributed by atoms with van der Waals surface area (Å²) in [5, 5.41) is 2.91. The molecular formula is C21H23FN2O2. The smallest absolute Gasteiger partial charge is 0.253 e. The van der Waals surface area contributed by atoms with E-state index in [9.17, 15) is 14.0 Å². The van der Waals surface area contributed by atoms with Crippen LogP contribution in [0.5, 0.6) is 0 Å². The zero-order chi connectivity index (χ0) is 18.5. The number of likely N-dealkylation sites (tertiary alicyclic amines) is 1. The number of piperidine rings is 1. The van der Waals surface area contributed by atoms with Crippen molar-refractivity contribution in [2.24, 2.45) is 5.92 Å². The lowest BCUT2D eigenvalue weighted by Gasteiger charge is -2.31. The van der Waals surface area contributed by atoms with Crippen molar-refractivity contribution in [1.82, 2.24) is 10.2 Å². The Labute approximate surface area is 153 Å². The molecule has 26 heavy (non-hydrogen) atoms. The molecule has 2 aromatic rings. The van der Waals surface area contributed by atoms with Gasteiger partial charge in [-0.25, -0.2) is 4.39 Å². The Morgan fingerprint density at radius 3 is 2.27 bits per heavy atom. The number of hydrogen-bond acceptors (Lipinski definition) is 2. The molecule has 2 amide bonds. The maximum atomic E-state index is 12.9. The maximum absolute atomic E-state index is 12.9. The van der Waals surface area contributed by atoms with Crippen LogP contribution in [0.15, 0.2) is 48.5 Å². The molecule has 1 N–H and O–H groups in total. The van der Waals surface area contributed by atoms with Gasteiger partial charge in [0.2, 0.25) is 5.91 Å². The average molecular weight is 354 g/mol. The topological polar surface area (TPSA) is 49.4 Å². The summed E-state index contributed by atoms with van der Waals surface area (Å²) < 4.78 is 12.9. The zero-order valence-corrected chi connectivity index (χ0v) is 14.9. The van der Waals surface area contributed by atoms with Gasteiger partial charge in [0, 0.05) is 31.1 Å². The van der Waals surface area contributed by atoms with Crippen molar-refractivity contribution in [3.05, 3.63) is 71.0 Å². The number of amides is 2. The molecule has 2 aromatic carbocycles. The number of carbonyl (C=O) groups is 2. The Hall–Kier alpha value is -2.69. The monoisotopic (exact) mass is 354 g/mol. The van der Waals surface area contributed by atoms with E-state index in [0.29, 0.717) is 38.0 Å². The fraction of sp³-hybridized carbons (Fsp3) is 0.333. The summed E-state index contributed by atoms with van der Waals surface area (Å²) in [5.41, 5.74) is 2.68. The van der Waals surface area contributed by atoms with Crippen LogP contribution >= 0.6 is 0 Å². The minimum Gasteiger partial charge on any atom is -0.352 e. The highest BCUT2D eigenvalue weighted by Gasteiger charge is 2.27. The van der Waals surface area contributed by atoms with Crippen molar-refractivity contribution in [3.8, 4) is 0 Å². The van der Waals surface area contributed by atoms with Crippen LogP contribution in [0.2, 0.25) is 0 Å². The number of aryl methyl sites for hydroxylation is 1. The van der Waals surface area contributed by atoms with E-state index in [0.717, 1.165) is 11.1 Å². The molecule has 0 radical (unpaired) electrons. The SMILES string of the molecule is Cc1ccc(C(=O)N2CCC(C(=O)NCc3ccc(F)cc3)CC2)cc1. The predicted molar refractivity (Wildman–Crippen MR) is 98.1 cm³/mol. The fourth-order valence-corrected chi connectivity index (χ4v) is 3.16. The number of hydrogen-bond donors (Lipinski definition) is 1. The molecule has 4 nitrogen and oxygen atoms in total. The van der Waals surface area contributed by atoms with Gasteiger partial charge in [-0.2, -0.15) is 0 Å². The molecule has 0 aliphatic carbocycles. The van der Waals surface area contributed by atoms with E-state index < -0.39 is 0 Å². The first kappa shape index (κ1) is 18.1. The normalized spacial score (nSPS) is 14.9. The Morgan fingerprint density at radius 2 is 1.65 bits per heavy atom. The third-order valence-electron chi connectivity index (χ3n) is 4.83. The number of carbonyl (C=O) groups excluding carboxylic acids is 2. The van der Waals surface area contributed by atoms with Crippen LogP contribution in [-0.4, -0.2) is 29.8 Å². The van der Waals surface area contributed by atoms with E-state index in [4.69, 9.17) is 0 Å². The van der Waals surface area contributed by atoms with Crippen molar-refractivity contribution in [2.75, 3.05) is 13.1 Å². The minimum atomic E-state index is -0.286. The van der Waals surface area contributed by atoms with Gasteiger partial charge in [-0.1, -0.05) is 29.8 Å². The second-order valence-electron chi connectivity index (χ2n) is 6.78. The molecule has 1 fully saturated rings. The van der Waals surface area contributed by atoms with Crippen molar-refractivity contribution >= 4 is 11.8 Å². The second kappa shape index (κ2) is 8.13. The summed E-state index contributed by atoms with van der Waals surface area (Å²) in [6.45, 7) is 3.55. The molecule has 5 heteroatoms. The van der Waals surface area contributed by atoms with Crippen molar-refractivity contribution < 1.29 is 14.0 Å². The lowest BCUT2D eigenvalue weighted by atomic mass is 9.95. The van der Waals surface area contributed by atoms with E-state index in [1.165, 1.54) is 12.1 Å². The fourth-order valence-electron chi connectivity index (χ4n) is 3.16. The largest absolute Gasteiger partial charge is 0.352 e. The second-order valence-corrected chi connectivity index (χ2v) is 6.78. The first-order valence-corrected chi connectivity index (χ1v) is 8.91. The highest BCUT2D eigenvalue weighted by atomic mass is 19.1. The molecule has 0 unspecified atom stereocenters. The first-order valence-electron chi connectivity index (χ1n) is 8.91. The van der Waals surface area contributed by atoms with E-state index in [-0.39, 0.29) is 23.5 Å². The van der Waals surface area contributed by atoms with Gasteiger partial charge < -0.3 is 10.2 Å². The Bertz CT molecular complexity index is 764. The summed E-state index contributed by atoms with van der Waals surface area (Å²) in [7, 11) is 0. The lowest BCUT2D eigenvalue weighted by molar-refractivity contribution is -0.126. The van der Waals surface area contributed by atoms with Crippen LogP contribution in [0.1, 0.15) is 34.3 Å². The Kier molecular flexibility index (Phi) is 5.66. The maximum Gasteiger partial charge on any atom is 0.253 e. The predicted octanol–water partition coefficient (Wildman–Crippen LogP) is 3.30. The van der Waals surface area contributed by atoms with Gasteiger partial charge in [-0.15, -0.1) is 0 Å². The van der Waals surface area contributed by atoms with Gasteiger partial charge in [0.15, 0.2) is 0 Å². The Balaban J connectivity index is 1.48. The van der Waals surface area contributed by atoms with E-state index >= 15 is 0 Å². The molecule has 1 aliphatic heterocycles. The molecule has 0 bridgehead atoms. The van der Waals surface area contributed by atoms with Gasteiger partial charge >= 0.3 is 0 Å². The van der Waals surface area contributed by atoms with Crippen LogP contribution < -0.4 is 5.32 Å². The molecular weight excluding hydrogens is 331 g/mol. The molecule has 0 aromatic heterocycles. The molecule has 1 saturated heterocycles. The highest BCUT2D eigenvalue weighted by molar-refractivity contribution is 5.94. The first-order chi connectivity index (χ1) is 12.5. The van der Waals surface area contributed by atoms with Crippen LogP contribution in [0, 0.1) is 18.7 Å². The number of nitrogens with one attached hydrogen (secondary N) is 1. The number of nitrogens with zero attached hydrogens (tertiary/aromatic N) is 1. The summed E-state index contributed by atoms with van der Waals surface area (Å²) in [4.78, 5) is 26.7. The minimum absolute atomic E-state index is 0.00300. The lowest BCUT2D eigenvalue weighted by Crippen LogP contribution is -2.42. The molecule has 1 heterocycles. The van der Waals surface area contributed by atoms with E-state index in [2.05, 4.69) is 5.32 Å². The van der Waals surface area contributed by atoms with Crippen molar-refractivity contribution in [2.45, 2.75) is 26.3 Å². The van der Waals surface area contributed by atoms with Crippen LogP contribution in [-0.2, 0) is 11.3 Å². The van der Waals surface area contributed by atoms with Crippen LogP contribution in [0.25, 0.3) is 0 Å². The number of benzene rings is 2. The third-order valence-corrected chi connectivity index (χ3v) is 4.83. The van der Waals surface area contributed by atoms with E-state index in [1.807, 2.05) is 36.1 Å². The molecule has 0 saturated carbocycles. The molecule has 0 atom stereocenters. The van der Waals surface area contributed by atoms with Gasteiger partial charge in [0.1, 0.15) is 5.82 Å².